The Labute approximate surface area is 139 Å². The predicted octanol–water partition coefficient (Wildman–Crippen LogP) is 3.16. The second-order valence-corrected chi connectivity index (χ2v) is 4.95. The highest BCUT2D eigenvalue weighted by molar-refractivity contribution is 6.28. The highest BCUT2D eigenvalue weighted by Crippen LogP contribution is 2.29. The number of benzene rings is 2. The van der Waals surface area contributed by atoms with Crippen molar-refractivity contribution in [2.75, 3.05) is 20.1 Å². The van der Waals surface area contributed by atoms with E-state index >= 15 is 0 Å². The molecule has 0 heterocycles. The lowest BCUT2D eigenvalue weighted by molar-refractivity contribution is 0.103. The van der Waals surface area contributed by atoms with E-state index in [0.717, 1.165) is 0 Å². The van der Waals surface area contributed by atoms with Crippen molar-refractivity contribution in [3.63, 3.8) is 0 Å². The summed E-state index contributed by atoms with van der Waals surface area (Å²) < 4.78 is 10.4. The minimum Gasteiger partial charge on any atom is -0.493 e. The lowest BCUT2D eigenvalue weighted by atomic mass is 10.0. The number of halogens is 1. The van der Waals surface area contributed by atoms with Gasteiger partial charge in [-0.3, -0.25) is 4.79 Å². The van der Waals surface area contributed by atoms with Gasteiger partial charge in [0, 0.05) is 11.1 Å². The molecule has 0 radical (unpaired) electrons. The first-order chi connectivity index (χ1) is 11.1. The fraction of sp³-hybridized carbons (Fsp3) is 0.176. The Balaban J connectivity index is 2.35. The standard InChI is InChI=1S/C17H17ClN2O3/c1-22-14-7-6-12(9-15(14)23-2)17(21)11-4-3-5-13(8-11)20-16(19)10-18/h3-9H,10H2,1-2H3,(H2,19,20). The molecule has 0 aromatic heterocycles. The second-order valence-electron chi connectivity index (χ2n) is 4.69. The minimum absolute atomic E-state index is 0.133. The smallest absolute Gasteiger partial charge is 0.193 e. The number of methoxy groups -OCH3 is 2. The summed E-state index contributed by atoms with van der Waals surface area (Å²) >= 11 is 5.61. The van der Waals surface area contributed by atoms with Crippen molar-refractivity contribution in [2.24, 2.45) is 10.7 Å². The van der Waals surface area contributed by atoms with Crippen LogP contribution < -0.4 is 15.2 Å². The van der Waals surface area contributed by atoms with Gasteiger partial charge in [-0.1, -0.05) is 12.1 Å². The monoisotopic (exact) mass is 332 g/mol. The Hall–Kier alpha value is -2.53. The third-order valence-corrected chi connectivity index (χ3v) is 3.44. The van der Waals surface area contributed by atoms with Crippen LogP contribution in [0.5, 0.6) is 11.5 Å². The van der Waals surface area contributed by atoms with Crippen molar-refractivity contribution in [1.29, 1.82) is 0 Å². The quantitative estimate of drug-likeness (QED) is 0.381. The molecule has 0 aliphatic carbocycles. The Morgan fingerprint density at radius 1 is 1.09 bits per heavy atom. The van der Waals surface area contributed by atoms with Gasteiger partial charge in [-0.2, -0.15) is 0 Å². The largest absolute Gasteiger partial charge is 0.493 e. The molecular formula is C17H17ClN2O3. The van der Waals surface area contributed by atoms with Gasteiger partial charge >= 0.3 is 0 Å². The summed E-state index contributed by atoms with van der Waals surface area (Å²) in [6.45, 7) is 0. The first-order valence-corrected chi connectivity index (χ1v) is 7.38. The molecule has 2 rings (SSSR count). The van der Waals surface area contributed by atoms with Crippen molar-refractivity contribution in [3.8, 4) is 11.5 Å². The molecule has 0 aliphatic heterocycles. The summed E-state index contributed by atoms with van der Waals surface area (Å²) in [6, 6.07) is 11.9. The lowest BCUT2D eigenvalue weighted by Crippen LogP contribution is -2.12. The third kappa shape index (κ3) is 4.02. The summed E-state index contributed by atoms with van der Waals surface area (Å²) in [4.78, 5) is 16.8. The van der Waals surface area contributed by atoms with Gasteiger partial charge in [-0.05, 0) is 30.3 Å². The molecule has 0 atom stereocenters. The summed E-state index contributed by atoms with van der Waals surface area (Å²) in [7, 11) is 3.07. The van der Waals surface area contributed by atoms with Crippen LogP contribution in [-0.4, -0.2) is 31.7 Å². The van der Waals surface area contributed by atoms with Crippen LogP contribution in [0.25, 0.3) is 0 Å². The minimum atomic E-state index is -0.146. The molecule has 5 nitrogen and oxygen atoms in total. The van der Waals surface area contributed by atoms with Crippen molar-refractivity contribution < 1.29 is 14.3 Å². The Morgan fingerprint density at radius 2 is 1.78 bits per heavy atom. The van der Waals surface area contributed by atoms with Crippen LogP contribution in [-0.2, 0) is 0 Å². The molecule has 6 heteroatoms. The van der Waals surface area contributed by atoms with Crippen LogP contribution >= 0.6 is 11.6 Å². The molecule has 0 spiro atoms. The average molecular weight is 333 g/mol. The van der Waals surface area contributed by atoms with Crippen LogP contribution in [0.2, 0.25) is 0 Å². The van der Waals surface area contributed by atoms with E-state index in [1.807, 2.05) is 0 Å². The molecular weight excluding hydrogens is 316 g/mol. The second kappa shape index (κ2) is 7.65. The number of ketones is 1. The molecule has 2 aromatic carbocycles. The number of hydrogen-bond acceptors (Lipinski definition) is 4. The molecule has 0 saturated carbocycles. The van der Waals surface area contributed by atoms with Crippen LogP contribution in [0.4, 0.5) is 5.69 Å². The summed E-state index contributed by atoms with van der Waals surface area (Å²) in [5.74, 6) is 1.35. The molecule has 0 saturated heterocycles. The van der Waals surface area contributed by atoms with Crippen molar-refractivity contribution in [3.05, 3.63) is 53.6 Å². The van der Waals surface area contributed by atoms with E-state index in [9.17, 15) is 4.79 Å². The van der Waals surface area contributed by atoms with E-state index in [2.05, 4.69) is 4.99 Å². The van der Waals surface area contributed by atoms with Gasteiger partial charge in [0.2, 0.25) is 0 Å². The Bertz CT molecular complexity index is 744. The Morgan fingerprint density at radius 3 is 2.43 bits per heavy atom. The number of carbonyl (C=O) groups excluding carboxylic acids is 1. The molecule has 2 aromatic rings. The van der Waals surface area contributed by atoms with Gasteiger partial charge in [-0.15, -0.1) is 11.6 Å². The first-order valence-electron chi connectivity index (χ1n) is 6.84. The third-order valence-electron chi connectivity index (χ3n) is 3.16. The predicted molar refractivity (Wildman–Crippen MR) is 91.4 cm³/mol. The highest BCUT2D eigenvalue weighted by Gasteiger charge is 2.13. The van der Waals surface area contributed by atoms with E-state index in [4.69, 9.17) is 26.8 Å². The maximum absolute atomic E-state index is 12.6. The molecule has 0 amide bonds. The van der Waals surface area contributed by atoms with Crippen LogP contribution in [0.15, 0.2) is 47.5 Å². The molecule has 0 aliphatic rings. The zero-order chi connectivity index (χ0) is 16.8. The van der Waals surface area contributed by atoms with Crippen molar-refractivity contribution in [1.82, 2.24) is 0 Å². The number of amidine groups is 1. The summed E-state index contributed by atoms with van der Waals surface area (Å²) in [5, 5.41) is 0. The number of carbonyl (C=O) groups is 1. The van der Waals surface area contributed by atoms with Crippen LogP contribution in [0.3, 0.4) is 0 Å². The van der Waals surface area contributed by atoms with E-state index in [1.165, 1.54) is 7.11 Å². The van der Waals surface area contributed by atoms with Gasteiger partial charge in [0.05, 0.1) is 25.8 Å². The number of nitrogens with zero attached hydrogens (tertiary/aromatic N) is 1. The molecule has 2 N–H and O–H groups in total. The number of rotatable bonds is 6. The van der Waals surface area contributed by atoms with Crippen molar-refractivity contribution >= 4 is 28.9 Å². The molecule has 120 valence electrons. The molecule has 0 fully saturated rings. The number of alkyl halides is 1. The van der Waals surface area contributed by atoms with Gasteiger partial charge in [0.1, 0.15) is 5.84 Å². The van der Waals surface area contributed by atoms with E-state index in [1.54, 1.807) is 49.6 Å². The van der Waals surface area contributed by atoms with Gasteiger partial charge in [0.25, 0.3) is 0 Å². The van der Waals surface area contributed by atoms with Gasteiger partial charge in [0.15, 0.2) is 17.3 Å². The van der Waals surface area contributed by atoms with E-state index < -0.39 is 0 Å². The Kier molecular flexibility index (Phi) is 5.60. The highest BCUT2D eigenvalue weighted by atomic mass is 35.5. The number of hydrogen-bond donors (Lipinski definition) is 1. The van der Waals surface area contributed by atoms with Gasteiger partial charge in [-0.25, -0.2) is 4.99 Å². The zero-order valence-electron chi connectivity index (χ0n) is 12.9. The maximum Gasteiger partial charge on any atom is 0.193 e. The SMILES string of the molecule is COc1ccc(C(=O)c2cccc(N=C(N)CCl)c2)cc1OC. The first kappa shape index (κ1) is 16.8. The van der Waals surface area contributed by atoms with E-state index in [-0.39, 0.29) is 11.7 Å². The summed E-state index contributed by atoms with van der Waals surface area (Å²) in [5.41, 5.74) is 7.19. The lowest BCUT2D eigenvalue weighted by Gasteiger charge is -2.09. The van der Waals surface area contributed by atoms with E-state index in [0.29, 0.717) is 34.1 Å². The number of ether oxygens (including phenoxy) is 2. The maximum atomic E-state index is 12.6. The average Bonchev–Trinajstić information content (AvgIpc) is 2.60. The zero-order valence-corrected chi connectivity index (χ0v) is 13.6. The number of aliphatic imine (C=N–C) groups is 1. The van der Waals surface area contributed by atoms with Crippen molar-refractivity contribution in [2.45, 2.75) is 0 Å². The van der Waals surface area contributed by atoms with Crippen LogP contribution in [0.1, 0.15) is 15.9 Å². The molecule has 0 unspecified atom stereocenters. The van der Waals surface area contributed by atoms with Gasteiger partial charge < -0.3 is 15.2 Å². The topological polar surface area (TPSA) is 73.9 Å². The molecule has 0 bridgehead atoms. The fourth-order valence-corrected chi connectivity index (χ4v) is 2.12. The number of nitrogens with two attached hydrogens (primary N) is 1. The fourth-order valence-electron chi connectivity index (χ4n) is 2.06. The van der Waals surface area contributed by atoms with Crippen LogP contribution in [0, 0.1) is 0 Å². The molecule has 23 heavy (non-hydrogen) atoms. The summed E-state index contributed by atoms with van der Waals surface area (Å²) in [6.07, 6.45) is 0. The normalized spacial score (nSPS) is 11.2.